The van der Waals surface area contributed by atoms with Crippen molar-refractivity contribution in [1.29, 1.82) is 0 Å². The number of nitrogens with zero attached hydrogens (tertiary/aromatic N) is 3. The van der Waals surface area contributed by atoms with Crippen LogP contribution in [-0.2, 0) is 6.42 Å². The highest BCUT2D eigenvalue weighted by molar-refractivity contribution is 9.10. The zero-order valence-electron chi connectivity index (χ0n) is 10.6. The minimum Gasteiger partial charge on any atom is -0.396 e. The number of fused-ring (bicyclic) bond motifs is 1. The Morgan fingerprint density at radius 3 is 3.00 bits per heavy atom. The molecule has 2 aromatic heterocycles. The molecule has 2 heterocycles. The van der Waals surface area contributed by atoms with Gasteiger partial charge in [0.15, 0.2) is 0 Å². The van der Waals surface area contributed by atoms with Gasteiger partial charge < -0.3 is 11.1 Å². The third-order valence-electron chi connectivity index (χ3n) is 2.99. The van der Waals surface area contributed by atoms with Crippen LogP contribution in [0.2, 0.25) is 0 Å². The Kier molecular flexibility index (Phi) is 3.51. The summed E-state index contributed by atoms with van der Waals surface area (Å²) in [6, 6.07) is 5.93. The van der Waals surface area contributed by atoms with Crippen molar-refractivity contribution in [2.45, 2.75) is 6.42 Å². The first-order chi connectivity index (χ1) is 9.74. The van der Waals surface area contributed by atoms with Crippen LogP contribution < -0.4 is 11.1 Å². The van der Waals surface area contributed by atoms with E-state index in [4.69, 9.17) is 5.73 Å². The summed E-state index contributed by atoms with van der Waals surface area (Å²) in [6.07, 6.45) is 3.92. The number of nitrogens with two attached hydrogens (primary N) is 1. The molecule has 102 valence electrons. The second kappa shape index (κ2) is 5.46. The van der Waals surface area contributed by atoms with Crippen molar-refractivity contribution >= 4 is 38.2 Å². The summed E-state index contributed by atoms with van der Waals surface area (Å²) in [5.41, 5.74) is 8.46. The van der Waals surface area contributed by atoms with E-state index in [1.807, 2.05) is 18.2 Å². The molecule has 0 atom stereocenters. The molecule has 0 aliphatic rings. The Morgan fingerprint density at radius 1 is 1.30 bits per heavy atom. The Hall–Kier alpha value is -2.15. The van der Waals surface area contributed by atoms with Crippen molar-refractivity contribution in [1.82, 2.24) is 20.2 Å². The SMILES string of the molecule is Nc1cnc2ccc(Br)cc2c1NCCc1ncn[nH]1. The van der Waals surface area contributed by atoms with Gasteiger partial charge in [0.25, 0.3) is 0 Å². The third kappa shape index (κ3) is 2.57. The predicted molar refractivity (Wildman–Crippen MR) is 82.4 cm³/mol. The summed E-state index contributed by atoms with van der Waals surface area (Å²) in [4.78, 5) is 8.41. The molecule has 0 saturated heterocycles. The molecular formula is C13H13BrN6. The molecule has 0 saturated carbocycles. The van der Waals surface area contributed by atoms with Crippen molar-refractivity contribution in [3.63, 3.8) is 0 Å². The smallest absolute Gasteiger partial charge is 0.137 e. The molecule has 6 nitrogen and oxygen atoms in total. The fourth-order valence-electron chi connectivity index (χ4n) is 2.03. The highest BCUT2D eigenvalue weighted by atomic mass is 79.9. The standard InChI is InChI=1S/C13H13BrN6/c14-8-1-2-11-9(5-8)13(10(15)6-17-11)16-4-3-12-18-7-19-20-12/h1-2,5-7H,3-4,15H2,(H,16,17)(H,18,19,20). The zero-order chi connectivity index (χ0) is 13.9. The molecule has 0 amide bonds. The number of H-pyrrole nitrogens is 1. The van der Waals surface area contributed by atoms with Gasteiger partial charge in [0.1, 0.15) is 12.2 Å². The highest BCUT2D eigenvalue weighted by Gasteiger charge is 2.07. The van der Waals surface area contributed by atoms with Gasteiger partial charge in [-0.05, 0) is 18.2 Å². The first-order valence-corrected chi connectivity index (χ1v) is 6.95. The molecule has 20 heavy (non-hydrogen) atoms. The molecular weight excluding hydrogens is 320 g/mol. The lowest BCUT2D eigenvalue weighted by Crippen LogP contribution is -2.08. The molecule has 0 aliphatic heterocycles. The minimum atomic E-state index is 0.633. The number of benzene rings is 1. The van der Waals surface area contributed by atoms with Crippen molar-refractivity contribution in [2.24, 2.45) is 0 Å². The second-order valence-corrected chi connectivity index (χ2v) is 5.27. The van der Waals surface area contributed by atoms with E-state index in [9.17, 15) is 0 Å². The lowest BCUT2D eigenvalue weighted by atomic mass is 10.1. The first kappa shape index (κ1) is 12.9. The number of nitrogen functional groups attached to an aromatic ring is 1. The summed E-state index contributed by atoms with van der Waals surface area (Å²) in [5, 5.41) is 11.0. The topological polar surface area (TPSA) is 92.5 Å². The van der Waals surface area contributed by atoms with E-state index in [0.29, 0.717) is 12.2 Å². The fraction of sp³-hybridized carbons (Fsp3) is 0.154. The molecule has 1 aromatic carbocycles. The van der Waals surface area contributed by atoms with Gasteiger partial charge in [0.05, 0.1) is 23.1 Å². The number of hydrogen-bond acceptors (Lipinski definition) is 5. The van der Waals surface area contributed by atoms with Crippen LogP contribution in [0.25, 0.3) is 10.9 Å². The van der Waals surface area contributed by atoms with Gasteiger partial charge in [0, 0.05) is 22.8 Å². The van der Waals surface area contributed by atoms with Crippen LogP contribution in [0, 0.1) is 0 Å². The average Bonchev–Trinajstić information content (AvgIpc) is 2.94. The lowest BCUT2D eigenvalue weighted by molar-refractivity contribution is 0.902. The molecule has 0 fully saturated rings. The Labute approximate surface area is 123 Å². The summed E-state index contributed by atoms with van der Waals surface area (Å²) >= 11 is 3.47. The predicted octanol–water partition coefficient (Wildman–Crippen LogP) is 2.35. The fourth-order valence-corrected chi connectivity index (χ4v) is 2.40. The van der Waals surface area contributed by atoms with E-state index in [-0.39, 0.29) is 0 Å². The maximum atomic E-state index is 6.02. The monoisotopic (exact) mass is 332 g/mol. The van der Waals surface area contributed by atoms with Gasteiger partial charge in [-0.15, -0.1) is 0 Å². The van der Waals surface area contributed by atoms with E-state index >= 15 is 0 Å². The normalized spacial score (nSPS) is 10.8. The minimum absolute atomic E-state index is 0.633. The Morgan fingerprint density at radius 2 is 2.20 bits per heavy atom. The van der Waals surface area contributed by atoms with Gasteiger partial charge in [-0.25, -0.2) is 4.98 Å². The number of hydrogen-bond donors (Lipinski definition) is 3. The molecule has 0 spiro atoms. The van der Waals surface area contributed by atoms with E-state index < -0.39 is 0 Å². The Bertz CT molecular complexity index is 720. The van der Waals surface area contributed by atoms with Crippen LogP contribution in [0.5, 0.6) is 0 Å². The number of nitrogens with one attached hydrogen (secondary N) is 2. The van der Waals surface area contributed by atoms with E-state index in [0.717, 1.165) is 33.3 Å². The molecule has 4 N–H and O–H groups in total. The molecule has 3 aromatic rings. The molecule has 0 radical (unpaired) electrons. The van der Waals surface area contributed by atoms with Crippen molar-refractivity contribution in [2.75, 3.05) is 17.6 Å². The molecule has 0 bridgehead atoms. The zero-order valence-corrected chi connectivity index (χ0v) is 12.2. The number of pyridine rings is 1. The Balaban J connectivity index is 1.86. The molecule has 3 rings (SSSR count). The van der Waals surface area contributed by atoms with Gasteiger partial charge in [0.2, 0.25) is 0 Å². The van der Waals surface area contributed by atoms with Crippen molar-refractivity contribution in [3.8, 4) is 0 Å². The first-order valence-electron chi connectivity index (χ1n) is 6.16. The van der Waals surface area contributed by atoms with Gasteiger partial charge >= 0.3 is 0 Å². The highest BCUT2D eigenvalue weighted by Crippen LogP contribution is 2.29. The quantitative estimate of drug-likeness (QED) is 0.682. The number of aromatic nitrogens is 4. The number of anilines is 2. The van der Waals surface area contributed by atoms with E-state index in [2.05, 4.69) is 41.4 Å². The summed E-state index contributed by atoms with van der Waals surface area (Å²) < 4.78 is 0.996. The van der Waals surface area contributed by atoms with Crippen LogP contribution in [0.1, 0.15) is 5.82 Å². The van der Waals surface area contributed by atoms with Crippen molar-refractivity contribution in [3.05, 3.63) is 41.0 Å². The molecule has 7 heteroatoms. The molecule has 0 unspecified atom stereocenters. The van der Waals surface area contributed by atoms with E-state index in [1.165, 1.54) is 6.33 Å². The van der Waals surface area contributed by atoms with Crippen LogP contribution in [0.4, 0.5) is 11.4 Å². The van der Waals surface area contributed by atoms with Crippen LogP contribution in [0.15, 0.2) is 35.2 Å². The number of halogens is 1. The summed E-state index contributed by atoms with van der Waals surface area (Å²) in [6.45, 7) is 0.713. The van der Waals surface area contributed by atoms with Gasteiger partial charge in [-0.2, -0.15) is 5.10 Å². The molecule has 0 aliphatic carbocycles. The van der Waals surface area contributed by atoms with Crippen LogP contribution in [0.3, 0.4) is 0 Å². The second-order valence-electron chi connectivity index (χ2n) is 4.36. The maximum Gasteiger partial charge on any atom is 0.137 e. The maximum absolute atomic E-state index is 6.02. The van der Waals surface area contributed by atoms with Crippen LogP contribution in [-0.4, -0.2) is 26.7 Å². The van der Waals surface area contributed by atoms with Crippen molar-refractivity contribution < 1.29 is 0 Å². The van der Waals surface area contributed by atoms with E-state index in [1.54, 1.807) is 6.20 Å². The van der Waals surface area contributed by atoms with Gasteiger partial charge in [-0.3, -0.25) is 10.1 Å². The van der Waals surface area contributed by atoms with Crippen LogP contribution >= 0.6 is 15.9 Å². The summed E-state index contributed by atoms with van der Waals surface area (Å²) in [5.74, 6) is 0.843. The lowest BCUT2D eigenvalue weighted by Gasteiger charge is -2.12. The average molecular weight is 333 g/mol. The van der Waals surface area contributed by atoms with Gasteiger partial charge in [-0.1, -0.05) is 15.9 Å². The number of rotatable bonds is 4. The largest absolute Gasteiger partial charge is 0.396 e. The number of aromatic amines is 1. The third-order valence-corrected chi connectivity index (χ3v) is 3.48. The summed E-state index contributed by atoms with van der Waals surface area (Å²) in [7, 11) is 0.